The highest BCUT2D eigenvalue weighted by Gasteiger charge is 2.19. The van der Waals surface area contributed by atoms with E-state index in [1.165, 1.54) is 0 Å². The van der Waals surface area contributed by atoms with E-state index in [9.17, 15) is 4.79 Å². The van der Waals surface area contributed by atoms with E-state index in [0.29, 0.717) is 11.7 Å². The van der Waals surface area contributed by atoms with Gasteiger partial charge in [0.05, 0.1) is 0 Å². The molecular formula is C13H14Cl2O. The summed E-state index contributed by atoms with van der Waals surface area (Å²) in [6, 6.07) is 5.57. The topological polar surface area (TPSA) is 17.1 Å². The van der Waals surface area contributed by atoms with Crippen molar-refractivity contribution in [3.63, 3.8) is 0 Å². The number of ketones is 1. The summed E-state index contributed by atoms with van der Waals surface area (Å²) >= 11 is 12.1. The minimum atomic E-state index is 0.397. The molecule has 0 N–H and O–H groups in total. The predicted octanol–water partition coefficient (Wildman–Crippen LogP) is 4.30. The van der Waals surface area contributed by atoms with Crippen molar-refractivity contribution in [3.05, 3.63) is 33.8 Å². The lowest BCUT2D eigenvalue weighted by molar-refractivity contribution is -0.120. The molecule has 0 heterocycles. The van der Waals surface area contributed by atoms with Gasteiger partial charge in [0, 0.05) is 22.9 Å². The van der Waals surface area contributed by atoms with Gasteiger partial charge >= 0.3 is 0 Å². The molecule has 1 aromatic carbocycles. The third kappa shape index (κ3) is 2.99. The number of benzene rings is 1. The molecule has 0 spiro atoms. The number of Topliss-reactive ketones (excluding diaryl/α,β-unsaturated/α-hetero) is 1. The van der Waals surface area contributed by atoms with Crippen LogP contribution in [0, 0.1) is 5.92 Å². The summed E-state index contributed by atoms with van der Waals surface area (Å²) in [7, 11) is 0. The molecule has 0 aromatic heterocycles. The van der Waals surface area contributed by atoms with Crippen LogP contribution in [0.15, 0.2) is 18.2 Å². The van der Waals surface area contributed by atoms with Gasteiger partial charge in [-0.3, -0.25) is 4.79 Å². The monoisotopic (exact) mass is 256 g/mol. The molecular weight excluding hydrogens is 243 g/mol. The van der Waals surface area contributed by atoms with Crippen molar-refractivity contribution in [2.45, 2.75) is 32.1 Å². The molecule has 16 heavy (non-hydrogen) atoms. The second-order valence-electron chi connectivity index (χ2n) is 4.42. The SMILES string of the molecule is O=C1CCC(Cc2cc(Cl)ccc2Cl)CC1. The van der Waals surface area contributed by atoms with Crippen molar-refractivity contribution in [1.29, 1.82) is 0 Å². The number of halogens is 2. The zero-order valence-corrected chi connectivity index (χ0v) is 10.5. The highest BCUT2D eigenvalue weighted by molar-refractivity contribution is 6.33. The Balaban J connectivity index is 2.03. The Hall–Kier alpha value is -0.530. The standard InChI is InChI=1S/C13H14Cl2O/c14-11-3-6-13(15)10(8-11)7-9-1-4-12(16)5-2-9/h3,6,8-9H,1-2,4-5,7H2. The van der Waals surface area contributed by atoms with Crippen molar-refractivity contribution in [2.24, 2.45) is 5.92 Å². The number of rotatable bonds is 2. The maximum atomic E-state index is 11.1. The van der Waals surface area contributed by atoms with Crippen molar-refractivity contribution < 1.29 is 4.79 Å². The fourth-order valence-electron chi connectivity index (χ4n) is 2.21. The summed E-state index contributed by atoms with van der Waals surface area (Å²) in [6.07, 6.45) is 4.36. The van der Waals surface area contributed by atoms with E-state index in [2.05, 4.69) is 0 Å². The number of carbonyl (C=O) groups is 1. The van der Waals surface area contributed by atoms with Gasteiger partial charge in [0.15, 0.2) is 0 Å². The first-order valence-corrected chi connectivity index (χ1v) is 6.36. The van der Waals surface area contributed by atoms with Crippen molar-refractivity contribution in [1.82, 2.24) is 0 Å². The van der Waals surface area contributed by atoms with Crippen LogP contribution in [-0.4, -0.2) is 5.78 Å². The predicted molar refractivity (Wildman–Crippen MR) is 67.1 cm³/mol. The third-order valence-corrected chi connectivity index (χ3v) is 3.78. The molecule has 0 radical (unpaired) electrons. The van der Waals surface area contributed by atoms with Gasteiger partial charge in [-0.05, 0) is 48.9 Å². The van der Waals surface area contributed by atoms with Gasteiger partial charge in [0.2, 0.25) is 0 Å². The van der Waals surface area contributed by atoms with Crippen LogP contribution in [-0.2, 0) is 11.2 Å². The molecule has 0 amide bonds. The Morgan fingerprint density at radius 3 is 2.56 bits per heavy atom. The summed E-state index contributed by atoms with van der Waals surface area (Å²) in [5.74, 6) is 0.974. The molecule has 0 bridgehead atoms. The van der Waals surface area contributed by atoms with E-state index < -0.39 is 0 Å². The van der Waals surface area contributed by atoms with Gasteiger partial charge in [0.25, 0.3) is 0 Å². The van der Waals surface area contributed by atoms with E-state index in [1.807, 2.05) is 12.1 Å². The first-order valence-electron chi connectivity index (χ1n) is 5.61. The van der Waals surface area contributed by atoms with Crippen LogP contribution in [0.4, 0.5) is 0 Å². The molecule has 1 nitrogen and oxygen atoms in total. The van der Waals surface area contributed by atoms with Crippen LogP contribution in [0.2, 0.25) is 10.0 Å². The van der Waals surface area contributed by atoms with Gasteiger partial charge in [-0.2, -0.15) is 0 Å². The van der Waals surface area contributed by atoms with Crippen LogP contribution < -0.4 is 0 Å². The highest BCUT2D eigenvalue weighted by Crippen LogP contribution is 2.29. The van der Waals surface area contributed by atoms with E-state index in [-0.39, 0.29) is 0 Å². The number of hydrogen-bond donors (Lipinski definition) is 0. The average Bonchev–Trinajstić information content (AvgIpc) is 2.27. The zero-order valence-electron chi connectivity index (χ0n) is 9.01. The molecule has 0 saturated heterocycles. The van der Waals surface area contributed by atoms with E-state index >= 15 is 0 Å². The third-order valence-electron chi connectivity index (χ3n) is 3.18. The molecule has 0 unspecified atom stereocenters. The Labute approximate surface area is 106 Å². The first kappa shape index (κ1) is 11.9. The fourth-order valence-corrected chi connectivity index (χ4v) is 2.60. The summed E-state index contributed by atoms with van der Waals surface area (Å²) in [4.78, 5) is 11.1. The van der Waals surface area contributed by atoms with Gasteiger partial charge < -0.3 is 0 Å². The Bertz CT molecular complexity index is 391. The molecule has 1 aromatic rings. The summed E-state index contributed by atoms with van der Waals surface area (Å²) in [5.41, 5.74) is 1.11. The van der Waals surface area contributed by atoms with E-state index in [0.717, 1.165) is 47.7 Å². The van der Waals surface area contributed by atoms with Crippen LogP contribution >= 0.6 is 23.2 Å². The highest BCUT2D eigenvalue weighted by atomic mass is 35.5. The molecule has 1 aliphatic carbocycles. The zero-order chi connectivity index (χ0) is 11.5. The number of hydrogen-bond acceptors (Lipinski definition) is 1. The largest absolute Gasteiger partial charge is 0.300 e. The Morgan fingerprint density at radius 1 is 1.19 bits per heavy atom. The van der Waals surface area contributed by atoms with Crippen molar-refractivity contribution in [3.8, 4) is 0 Å². The normalized spacial score (nSPS) is 17.8. The second kappa shape index (κ2) is 5.20. The first-order chi connectivity index (χ1) is 7.65. The summed E-state index contributed by atoms with van der Waals surface area (Å²) < 4.78 is 0. The molecule has 1 aliphatic rings. The molecule has 1 fully saturated rings. The second-order valence-corrected chi connectivity index (χ2v) is 5.27. The minimum Gasteiger partial charge on any atom is -0.300 e. The van der Waals surface area contributed by atoms with Crippen LogP contribution in [0.25, 0.3) is 0 Å². The van der Waals surface area contributed by atoms with Gasteiger partial charge in [0.1, 0.15) is 5.78 Å². The van der Waals surface area contributed by atoms with E-state index in [1.54, 1.807) is 6.07 Å². The van der Waals surface area contributed by atoms with Gasteiger partial charge in [-0.1, -0.05) is 23.2 Å². The summed E-state index contributed by atoms with van der Waals surface area (Å²) in [6.45, 7) is 0. The minimum absolute atomic E-state index is 0.397. The molecule has 0 aliphatic heterocycles. The van der Waals surface area contributed by atoms with Crippen molar-refractivity contribution >= 4 is 29.0 Å². The van der Waals surface area contributed by atoms with Gasteiger partial charge in [-0.25, -0.2) is 0 Å². The maximum Gasteiger partial charge on any atom is 0.132 e. The molecule has 1 saturated carbocycles. The average molecular weight is 257 g/mol. The molecule has 0 atom stereocenters. The fraction of sp³-hybridized carbons (Fsp3) is 0.462. The Kier molecular flexibility index (Phi) is 3.88. The lowest BCUT2D eigenvalue weighted by Crippen LogP contribution is -2.15. The lowest BCUT2D eigenvalue weighted by Gasteiger charge is -2.21. The molecule has 86 valence electrons. The summed E-state index contributed by atoms with van der Waals surface area (Å²) in [5, 5.41) is 1.51. The number of carbonyl (C=O) groups excluding carboxylic acids is 1. The quantitative estimate of drug-likeness (QED) is 0.772. The Morgan fingerprint density at radius 2 is 1.88 bits per heavy atom. The molecule has 2 rings (SSSR count). The lowest BCUT2D eigenvalue weighted by atomic mass is 9.84. The maximum absolute atomic E-state index is 11.1. The molecule has 3 heteroatoms. The van der Waals surface area contributed by atoms with Crippen LogP contribution in [0.3, 0.4) is 0 Å². The van der Waals surface area contributed by atoms with Crippen LogP contribution in [0.1, 0.15) is 31.2 Å². The van der Waals surface area contributed by atoms with Gasteiger partial charge in [-0.15, -0.1) is 0 Å². The van der Waals surface area contributed by atoms with Crippen LogP contribution in [0.5, 0.6) is 0 Å². The van der Waals surface area contributed by atoms with E-state index in [4.69, 9.17) is 23.2 Å². The van der Waals surface area contributed by atoms with Crippen molar-refractivity contribution in [2.75, 3.05) is 0 Å². The smallest absolute Gasteiger partial charge is 0.132 e.